The highest BCUT2D eigenvalue weighted by Crippen LogP contribution is 2.56. The van der Waals surface area contributed by atoms with Crippen molar-refractivity contribution < 1.29 is 77.9 Å². The zero-order chi connectivity index (χ0) is 38.0. The number of hydrogen-bond acceptors (Lipinski definition) is 6. The SMILES string of the molecule is Cc1ccc(C(OS(=O)(=O)c2c(C)cc(C)c(S(=O)(=O)OC(c3ccc(C)cc3)(C(F)(F)F)C(F)(F)F)c2C)(C(F)(F)F)C(F)(F)F)cc1. The third-order valence-corrected chi connectivity index (χ3v) is 10.5. The number of halogens is 12. The van der Waals surface area contributed by atoms with Crippen molar-refractivity contribution in [3.05, 3.63) is 93.5 Å². The Balaban J connectivity index is 2.39. The summed E-state index contributed by atoms with van der Waals surface area (Å²) in [6, 6.07) is 4.61. The van der Waals surface area contributed by atoms with E-state index in [0.717, 1.165) is 38.1 Å². The van der Waals surface area contributed by atoms with Crippen LogP contribution < -0.4 is 0 Å². The maximum Gasteiger partial charge on any atom is 0.432 e. The molecule has 3 rings (SSSR count). The first kappa shape index (κ1) is 40.1. The molecule has 0 aliphatic heterocycles. The molecular weight excluding hydrogens is 736 g/mol. The minimum absolute atomic E-state index is 0.143. The summed E-state index contributed by atoms with van der Waals surface area (Å²) in [5.74, 6) is 0. The highest BCUT2D eigenvalue weighted by molar-refractivity contribution is 7.87. The van der Waals surface area contributed by atoms with Gasteiger partial charge in [-0.05, 0) is 51.3 Å². The largest absolute Gasteiger partial charge is 0.432 e. The summed E-state index contributed by atoms with van der Waals surface area (Å²) >= 11 is 0. The van der Waals surface area contributed by atoms with Crippen molar-refractivity contribution in [3.63, 3.8) is 0 Å². The van der Waals surface area contributed by atoms with Crippen molar-refractivity contribution in [1.82, 2.24) is 0 Å². The van der Waals surface area contributed by atoms with Gasteiger partial charge < -0.3 is 0 Å². The number of benzene rings is 3. The van der Waals surface area contributed by atoms with E-state index >= 15 is 0 Å². The molecule has 272 valence electrons. The lowest BCUT2D eigenvalue weighted by molar-refractivity contribution is -0.365. The van der Waals surface area contributed by atoms with E-state index in [4.69, 9.17) is 0 Å². The molecule has 0 aromatic heterocycles. The molecule has 0 aliphatic carbocycles. The highest BCUT2D eigenvalue weighted by Gasteiger charge is 2.77. The van der Waals surface area contributed by atoms with Gasteiger partial charge in [0.2, 0.25) is 0 Å². The van der Waals surface area contributed by atoms with Crippen LogP contribution in [0, 0.1) is 34.6 Å². The highest BCUT2D eigenvalue weighted by atomic mass is 32.2. The van der Waals surface area contributed by atoms with Crippen LogP contribution in [-0.4, -0.2) is 41.5 Å². The Labute approximate surface area is 271 Å². The lowest BCUT2D eigenvalue weighted by Crippen LogP contribution is -2.57. The van der Waals surface area contributed by atoms with Crippen LogP contribution in [0.3, 0.4) is 0 Å². The Morgan fingerprint density at radius 3 is 0.918 bits per heavy atom. The van der Waals surface area contributed by atoms with Gasteiger partial charge in [0.25, 0.3) is 20.2 Å². The van der Waals surface area contributed by atoms with Crippen LogP contribution in [0.15, 0.2) is 64.4 Å². The van der Waals surface area contributed by atoms with E-state index in [9.17, 15) is 69.5 Å². The number of hydrogen-bond donors (Lipinski definition) is 0. The third kappa shape index (κ3) is 6.88. The van der Waals surface area contributed by atoms with E-state index in [-0.39, 0.29) is 35.4 Å². The van der Waals surface area contributed by atoms with E-state index in [1.54, 1.807) is 0 Å². The molecule has 0 aliphatic rings. The summed E-state index contributed by atoms with van der Waals surface area (Å²) in [5.41, 5.74) is -17.5. The zero-order valence-electron chi connectivity index (χ0n) is 25.5. The lowest BCUT2D eigenvalue weighted by Gasteiger charge is -2.37. The maximum atomic E-state index is 14.4. The van der Waals surface area contributed by atoms with Gasteiger partial charge in [-0.3, -0.25) is 0 Å². The first-order valence-electron chi connectivity index (χ1n) is 13.3. The van der Waals surface area contributed by atoms with Gasteiger partial charge in [-0.1, -0.05) is 65.7 Å². The Kier molecular flexibility index (Phi) is 10.2. The standard InChI is InChI=1S/C29H24F12O6S2/c1-15-6-10-20(11-7-15)24(26(30,31)32,27(33,34)35)46-48(42,43)22-17(3)14-18(4)23(19(22)5)49(44,45)47-25(28(36,37)38,29(39,40)41)21-12-8-16(2)9-13-21/h6-14H,1-5H3. The van der Waals surface area contributed by atoms with Crippen molar-refractivity contribution in [1.29, 1.82) is 0 Å². The normalized spacial score (nSPS) is 14.3. The lowest BCUT2D eigenvalue weighted by atomic mass is 9.92. The topological polar surface area (TPSA) is 86.7 Å². The fourth-order valence-corrected chi connectivity index (χ4v) is 8.49. The molecule has 0 heterocycles. The quantitative estimate of drug-likeness (QED) is 0.169. The van der Waals surface area contributed by atoms with Crippen LogP contribution >= 0.6 is 0 Å². The molecule has 0 saturated carbocycles. The molecule has 3 aromatic carbocycles. The first-order valence-corrected chi connectivity index (χ1v) is 16.1. The van der Waals surface area contributed by atoms with Gasteiger partial charge in [0, 0.05) is 11.1 Å². The molecule has 49 heavy (non-hydrogen) atoms. The molecule has 0 fully saturated rings. The van der Waals surface area contributed by atoms with E-state index in [1.807, 2.05) is 0 Å². The Hall–Kier alpha value is -3.36. The second-order valence-corrected chi connectivity index (χ2v) is 13.9. The molecule has 0 spiro atoms. The van der Waals surface area contributed by atoms with Gasteiger partial charge in [0.1, 0.15) is 9.79 Å². The molecule has 0 unspecified atom stereocenters. The minimum Gasteiger partial charge on any atom is -0.235 e. The maximum absolute atomic E-state index is 14.4. The average Bonchev–Trinajstić information content (AvgIpc) is 2.88. The first-order chi connectivity index (χ1) is 21.9. The summed E-state index contributed by atoms with van der Waals surface area (Å²) in [4.78, 5) is -3.46. The van der Waals surface area contributed by atoms with Crippen molar-refractivity contribution in [2.75, 3.05) is 0 Å². The number of alkyl halides is 12. The second-order valence-electron chi connectivity index (χ2n) is 11.0. The van der Waals surface area contributed by atoms with Gasteiger partial charge in [-0.25, -0.2) is 8.37 Å². The molecule has 6 nitrogen and oxygen atoms in total. The van der Waals surface area contributed by atoms with Crippen molar-refractivity contribution in [2.45, 2.75) is 80.3 Å². The molecule has 0 radical (unpaired) electrons. The fourth-order valence-electron chi connectivity index (χ4n) is 5.17. The minimum atomic E-state index is -6.58. The van der Waals surface area contributed by atoms with Crippen molar-refractivity contribution in [2.24, 2.45) is 0 Å². The average molecular weight is 761 g/mol. The van der Waals surface area contributed by atoms with Gasteiger partial charge in [-0.15, -0.1) is 0 Å². The Bertz CT molecular complexity index is 1760. The molecule has 20 heteroatoms. The van der Waals surface area contributed by atoms with Crippen LogP contribution in [-0.2, 0) is 39.8 Å². The summed E-state index contributed by atoms with van der Waals surface area (Å²) in [6.07, 6.45) is -26.3. The summed E-state index contributed by atoms with van der Waals surface area (Å²) in [5, 5.41) is 0. The Morgan fingerprint density at radius 1 is 0.449 bits per heavy atom. The molecule has 3 aromatic rings. The van der Waals surface area contributed by atoms with Crippen LogP contribution in [0.4, 0.5) is 52.7 Å². The van der Waals surface area contributed by atoms with E-state index in [2.05, 4.69) is 8.37 Å². The van der Waals surface area contributed by atoms with Crippen LogP contribution in [0.5, 0.6) is 0 Å². The molecule has 0 bridgehead atoms. The van der Waals surface area contributed by atoms with E-state index in [0.29, 0.717) is 13.0 Å². The van der Waals surface area contributed by atoms with Crippen molar-refractivity contribution >= 4 is 20.2 Å². The monoisotopic (exact) mass is 760 g/mol. The van der Waals surface area contributed by atoms with Gasteiger partial charge in [0.05, 0.1) is 0 Å². The molecule has 0 atom stereocenters. The number of aryl methyl sites for hydroxylation is 4. The van der Waals surface area contributed by atoms with Gasteiger partial charge in [-0.2, -0.15) is 69.5 Å². The summed E-state index contributed by atoms with van der Waals surface area (Å²) < 4.78 is 234. The third-order valence-electron chi connectivity index (χ3n) is 7.31. The smallest absolute Gasteiger partial charge is 0.235 e. The molecule has 0 saturated heterocycles. The summed E-state index contributed by atoms with van der Waals surface area (Å²) in [6.45, 7) is 4.47. The summed E-state index contributed by atoms with van der Waals surface area (Å²) in [7, 11) is -12.9. The van der Waals surface area contributed by atoms with Crippen LogP contribution in [0.1, 0.15) is 38.9 Å². The van der Waals surface area contributed by atoms with Crippen molar-refractivity contribution in [3.8, 4) is 0 Å². The van der Waals surface area contributed by atoms with Crippen LogP contribution in [0.25, 0.3) is 0 Å². The number of rotatable bonds is 8. The van der Waals surface area contributed by atoms with E-state index < -0.39 is 93.8 Å². The second kappa shape index (κ2) is 12.4. The predicted octanol–water partition coefficient (Wildman–Crippen LogP) is 8.68. The zero-order valence-corrected chi connectivity index (χ0v) is 27.1. The van der Waals surface area contributed by atoms with E-state index in [1.165, 1.54) is 13.8 Å². The molecule has 0 N–H and O–H groups in total. The molecular formula is C29H24F12O6S2. The van der Waals surface area contributed by atoms with Gasteiger partial charge >= 0.3 is 35.9 Å². The fraction of sp³-hybridized carbons (Fsp3) is 0.379. The molecule has 0 amide bonds. The van der Waals surface area contributed by atoms with Crippen LogP contribution in [0.2, 0.25) is 0 Å². The Morgan fingerprint density at radius 2 is 0.694 bits per heavy atom. The predicted molar refractivity (Wildman–Crippen MR) is 147 cm³/mol. The van der Waals surface area contributed by atoms with Gasteiger partial charge in [0.15, 0.2) is 0 Å².